The molecule has 1 saturated carbocycles. The van der Waals surface area contributed by atoms with Crippen molar-refractivity contribution in [3.63, 3.8) is 0 Å². The van der Waals surface area contributed by atoms with Crippen molar-refractivity contribution in [2.75, 3.05) is 44.5 Å². The molecule has 0 bridgehead atoms. The zero-order valence-electron chi connectivity index (χ0n) is 13.0. The lowest BCUT2D eigenvalue weighted by atomic mass is 10.1. The van der Waals surface area contributed by atoms with E-state index in [0.29, 0.717) is 30.6 Å². The molecule has 0 atom stereocenters. The molecule has 124 valence electrons. The van der Waals surface area contributed by atoms with Crippen molar-refractivity contribution < 1.29 is 22.6 Å². The number of ether oxygens (including phenoxy) is 3. The summed E-state index contributed by atoms with van der Waals surface area (Å²) in [5.74, 6) is 0.998. The van der Waals surface area contributed by atoms with Gasteiger partial charge in [-0.25, -0.2) is 8.42 Å². The van der Waals surface area contributed by atoms with Gasteiger partial charge in [0.1, 0.15) is 5.75 Å². The second-order valence-corrected chi connectivity index (χ2v) is 7.10. The first kappa shape index (κ1) is 17.1. The molecule has 0 amide bonds. The van der Waals surface area contributed by atoms with Crippen LogP contribution in [0.4, 0.5) is 5.69 Å². The third kappa shape index (κ3) is 5.15. The van der Waals surface area contributed by atoms with Gasteiger partial charge in [0, 0.05) is 13.2 Å². The minimum atomic E-state index is -3.45. The van der Waals surface area contributed by atoms with Crippen LogP contribution in [0.1, 0.15) is 24.3 Å². The molecule has 6 nitrogen and oxygen atoms in total. The molecule has 0 unspecified atom stereocenters. The van der Waals surface area contributed by atoms with Crippen molar-refractivity contribution in [3.05, 3.63) is 23.8 Å². The van der Waals surface area contributed by atoms with E-state index in [-0.39, 0.29) is 12.4 Å². The Morgan fingerprint density at radius 2 is 1.95 bits per heavy atom. The van der Waals surface area contributed by atoms with Gasteiger partial charge >= 0.3 is 0 Å². The largest absolute Gasteiger partial charge is 0.497 e. The molecule has 0 aliphatic heterocycles. The average Bonchev–Trinajstić information content (AvgIpc) is 3.31. The first-order valence-corrected chi connectivity index (χ1v) is 8.96. The Hall–Kier alpha value is -1.31. The molecule has 0 spiro atoms. The summed E-state index contributed by atoms with van der Waals surface area (Å²) < 4.78 is 42.2. The van der Waals surface area contributed by atoms with Crippen molar-refractivity contribution >= 4 is 15.7 Å². The Kier molecular flexibility index (Phi) is 6.05. The van der Waals surface area contributed by atoms with Crippen molar-refractivity contribution in [3.8, 4) is 5.75 Å². The van der Waals surface area contributed by atoms with Crippen LogP contribution < -0.4 is 9.46 Å². The van der Waals surface area contributed by atoms with Gasteiger partial charge in [0.15, 0.2) is 0 Å². The molecule has 1 aliphatic rings. The molecule has 1 aromatic carbocycles. The van der Waals surface area contributed by atoms with Crippen molar-refractivity contribution in [1.29, 1.82) is 0 Å². The van der Waals surface area contributed by atoms with Crippen LogP contribution in [0.5, 0.6) is 5.75 Å². The van der Waals surface area contributed by atoms with Gasteiger partial charge in [-0.3, -0.25) is 4.72 Å². The summed E-state index contributed by atoms with van der Waals surface area (Å²) in [5, 5.41) is 0. The molecule has 1 fully saturated rings. The molecule has 7 heteroatoms. The normalized spacial score (nSPS) is 14.8. The van der Waals surface area contributed by atoms with Crippen LogP contribution in [0.3, 0.4) is 0 Å². The molecule has 2 rings (SSSR count). The third-order valence-corrected chi connectivity index (χ3v) is 4.71. The van der Waals surface area contributed by atoms with E-state index >= 15 is 0 Å². The highest BCUT2D eigenvalue weighted by Gasteiger charge is 2.27. The molecule has 1 aliphatic carbocycles. The van der Waals surface area contributed by atoms with Crippen molar-refractivity contribution in [1.82, 2.24) is 0 Å². The van der Waals surface area contributed by atoms with Gasteiger partial charge in [0.2, 0.25) is 10.0 Å². The lowest BCUT2D eigenvalue weighted by molar-refractivity contribution is 0.0785. The van der Waals surface area contributed by atoms with E-state index in [1.54, 1.807) is 20.3 Å². The summed E-state index contributed by atoms with van der Waals surface area (Å²) >= 11 is 0. The maximum atomic E-state index is 12.2. The fourth-order valence-electron chi connectivity index (χ4n) is 2.13. The molecule has 0 aromatic heterocycles. The highest BCUT2D eigenvalue weighted by atomic mass is 32.2. The van der Waals surface area contributed by atoms with Gasteiger partial charge in [-0.15, -0.1) is 0 Å². The summed E-state index contributed by atoms with van der Waals surface area (Å²) in [6.45, 7) is 0.981. The summed E-state index contributed by atoms with van der Waals surface area (Å²) in [6, 6.07) is 5.53. The van der Waals surface area contributed by atoms with Crippen LogP contribution in [0.15, 0.2) is 18.2 Å². The quantitative estimate of drug-likeness (QED) is 0.664. The topological polar surface area (TPSA) is 73.9 Å². The van der Waals surface area contributed by atoms with Crippen LogP contribution in [-0.2, 0) is 19.5 Å². The molecule has 0 saturated heterocycles. The molecule has 22 heavy (non-hydrogen) atoms. The van der Waals surface area contributed by atoms with Gasteiger partial charge in [-0.2, -0.15) is 0 Å². The highest BCUT2D eigenvalue weighted by Crippen LogP contribution is 2.44. The fourth-order valence-corrected chi connectivity index (χ4v) is 3.08. The van der Waals surface area contributed by atoms with E-state index in [9.17, 15) is 8.42 Å². The minimum Gasteiger partial charge on any atom is -0.497 e. The minimum absolute atomic E-state index is 0.0853. The van der Waals surface area contributed by atoms with E-state index in [1.807, 2.05) is 12.1 Å². The van der Waals surface area contributed by atoms with Crippen molar-refractivity contribution in [2.24, 2.45) is 0 Å². The number of methoxy groups -OCH3 is 2. The Labute approximate surface area is 131 Å². The number of hydrogen-bond acceptors (Lipinski definition) is 5. The Morgan fingerprint density at radius 3 is 2.59 bits per heavy atom. The number of rotatable bonds is 10. The zero-order chi connectivity index (χ0) is 16.0. The highest BCUT2D eigenvalue weighted by molar-refractivity contribution is 7.92. The Balaban J connectivity index is 1.98. The predicted octanol–water partition coefficient (Wildman–Crippen LogP) is 1.98. The number of benzene rings is 1. The van der Waals surface area contributed by atoms with E-state index in [2.05, 4.69) is 4.72 Å². The second-order valence-electron chi connectivity index (χ2n) is 5.25. The van der Waals surface area contributed by atoms with Gasteiger partial charge in [0.25, 0.3) is 0 Å². The smallest absolute Gasteiger partial charge is 0.235 e. The van der Waals surface area contributed by atoms with E-state index in [1.165, 1.54) is 0 Å². The van der Waals surface area contributed by atoms with Gasteiger partial charge in [0.05, 0.1) is 38.4 Å². The number of sulfonamides is 1. The summed E-state index contributed by atoms with van der Waals surface area (Å²) in [5.41, 5.74) is 1.64. The molecule has 1 N–H and O–H groups in total. The lowest BCUT2D eigenvalue weighted by Crippen LogP contribution is -2.21. The summed E-state index contributed by atoms with van der Waals surface area (Å²) in [7, 11) is -0.310. The van der Waals surface area contributed by atoms with Crippen LogP contribution in [0.2, 0.25) is 0 Å². The number of hydrogen-bond donors (Lipinski definition) is 1. The van der Waals surface area contributed by atoms with Crippen LogP contribution in [-0.4, -0.2) is 48.2 Å². The molecular formula is C15H23NO5S. The Morgan fingerprint density at radius 1 is 1.18 bits per heavy atom. The first-order valence-electron chi connectivity index (χ1n) is 7.31. The Bertz CT molecular complexity index is 584. The van der Waals surface area contributed by atoms with Crippen LogP contribution in [0, 0.1) is 0 Å². The fraction of sp³-hybridized carbons (Fsp3) is 0.600. The molecule has 0 heterocycles. The zero-order valence-corrected chi connectivity index (χ0v) is 13.8. The summed E-state index contributed by atoms with van der Waals surface area (Å²) in [6.07, 6.45) is 2.20. The maximum Gasteiger partial charge on any atom is 0.235 e. The molecular weight excluding hydrogens is 306 g/mol. The average molecular weight is 329 g/mol. The van der Waals surface area contributed by atoms with Crippen molar-refractivity contribution in [2.45, 2.75) is 18.8 Å². The van der Waals surface area contributed by atoms with Gasteiger partial charge in [-0.05, 0) is 30.4 Å². The maximum absolute atomic E-state index is 12.2. The van der Waals surface area contributed by atoms with E-state index in [4.69, 9.17) is 14.2 Å². The van der Waals surface area contributed by atoms with Crippen LogP contribution in [0.25, 0.3) is 0 Å². The second kappa shape index (κ2) is 7.80. The van der Waals surface area contributed by atoms with Gasteiger partial charge in [-0.1, -0.05) is 6.07 Å². The van der Waals surface area contributed by atoms with E-state index < -0.39 is 10.0 Å². The SMILES string of the molecule is COCCOCCS(=O)(=O)Nc1cc(OC)ccc1C1CC1. The first-order chi connectivity index (χ1) is 10.6. The third-order valence-electron chi connectivity index (χ3n) is 3.47. The number of nitrogens with one attached hydrogen (secondary N) is 1. The number of anilines is 1. The standard InChI is InChI=1S/C15H23NO5S/c1-19-7-8-21-9-10-22(17,18)16-15-11-13(20-2)5-6-14(15)12-3-4-12/h5-6,11-12,16H,3-4,7-10H2,1-2H3. The molecule has 1 aromatic rings. The lowest BCUT2D eigenvalue weighted by Gasteiger charge is -2.14. The van der Waals surface area contributed by atoms with Gasteiger partial charge < -0.3 is 14.2 Å². The predicted molar refractivity (Wildman–Crippen MR) is 85.1 cm³/mol. The monoisotopic (exact) mass is 329 g/mol. The molecule has 0 radical (unpaired) electrons. The van der Waals surface area contributed by atoms with Crippen LogP contribution >= 0.6 is 0 Å². The summed E-state index contributed by atoms with van der Waals surface area (Å²) in [4.78, 5) is 0. The van der Waals surface area contributed by atoms with E-state index in [0.717, 1.165) is 18.4 Å².